The largest absolute Gasteiger partial charge is 0.435 e. The number of piperidine rings is 1. The van der Waals surface area contributed by atoms with Gasteiger partial charge >= 0.3 is 6.61 Å². The molecule has 6 nitrogen and oxygen atoms in total. The zero-order valence-corrected chi connectivity index (χ0v) is 13.4. The van der Waals surface area contributed by atoms with Crippen molar-refractivity contribution < 1.29 is 18.3 Å². The van der Waals surface area contributed by atoms with Gasteiger partial charge in [-0.2, -0.15) is 8.78 Å². The number of hydrogen-bond acceptors (Lipinski definition) is 5. The zero-order chi connectivity index (χ0) is 17.6. The van der Waals surface area contributed by atoms with Gasteiger partial charge in [-0.3, -0.25) is 4.79 Å². The second-order valence-electron chi connectivity index (χ2n) is 5.73. The van der Waals surface area contributed by atoms with E-state index < -0.39 is 6.61 Å². The van der Waals surface area contributed by atoms with Crippen LogP contribution in [0.1, 0.15) is 12.8 Å². The zero-order valence-electron chi connectivity index (χ0n) is 13.4. The Morgan fingerprint density at radius 1 is 1.24 bits per heavy atom. The van der Waals surface area contributed by atoms with Crippen molar-refractivity contribution >= 4 is 17.5 Å². The molecule has 1 fully saturated rings. The van der Waals surface area contributed by atoms with E-state index in [0.29, 0.717) is 18.2 Å². The van der Waals surface area contributed by atoms with E-state index in [0.717, 1.165) is 19.4 Å². The van der Waals surface area contributed by atoms with E-state index in [4.69, 9.17) is 0 Å². The Morgan fingerprint density at radius 3 is 2.64 bits per heavy atom. The fourth-order valence-corrected chi connectivity index (χ4v) is 2.79. The summed E-state index contributed by atoms with van der Waals surface area (Å²) in [6.07, 6.45) is 5.00. The molecule has 0 bridgehead atoms. The summed E-state index contributed by atoms with van der Waals surface area (Å²) in [4.78, 5) is 22.9. The minimum absolute atomic E-state index is 0.0538. The predicted octanol–water partition coefficient (Wildman–Crippen LogP) is 2.93. The topological polar surface area (TPSA) is 67.3 Å². The Bertz CT molecular complexity index is 698. The number of hydrogen-bond donors (Lipinski definition) is 1. The molecule has 2 aromatic rings. The predicted molar refractivity (Wildman–Crippen MR) is 88.7 cm³/mol. The molecule has 1 aliphatic rings. The molecule has 1 aromatic heterocycles. The second-order valence-corrected chi connectivity index (χ2v) is 5.73. The number of anilines is 2. The first-order chi connectivity index (χ1) is 12.1. The molecule has 0 aliphatic carbocycles. The Hall–Kier alpha value is -2.77. The van der Waals surface area contributed by atoms with Gasteiger partial charge in [0.1, 0.15) is 5.75 Å². The first-order valence-electron chi connectivity index (χ1n) is 7.99. The van der Waals surface area contributed by atoms with Crippen LogP contribution in [-0.4, -0.2) is 35.6 Å². The summed E-state index contributed by atoms with van der Waals surface area (Å²) in [5.41, 5.74) is 0.541. The van der Waals surface area contributed by atoms with Crippen molar-refractivity contribution in [2.45, 2.75) is 19.5 Å². The van der Waals surface area contributed by atoms with Gasteiger partial charge in [0.2, 0.25) is 11.9 Å². The van der Waals surface area contributed by atoms with Crippen LogP contribution in [0.2, 0.25) is 0 Å². The minimum Gasteiger partial charge on any atom is -0.435 e. The van der Waals surface area contributed by atoms with Crippen molar-refractivity contribution in [1.82, 2.24) is 9.97 Å². The molecule has 1 N–H and O–H groups in total. The highest BCUT2D eigenvalue weighted by atomic mass is 19.3. The molecule has 8 heteroatoms. The molecular weight excluding hydrogens is 330 g/mol. The van der Waals surface area contributed by atoms with E-state index in [-0.39, 0.29) is 17.6 Å². The first-order valence-corrected chi connectivity index (χ1v) is 7.99. The molecule has 1 atom stereocenters. The van der Waals surface area contributed by atoms with E-state index in [1.54, 1.807) is 18.5 Å². The van der Waals surface area contributed by atoms with Gasteiger partial charge in [-0.15, -0.1) is 0 Å². The van der Waals surface area contributed by atoms with Crippen molar-refractivity contribution in [3.63, 3.8) is 0 Å². The number of nitrogens with zero attached hydrogens (tertiary/aromatic N) is 3. The number of ether oxygens (including phenoxy) is 1. The van der Waals surface area contributed by atoms with Crippen LogP contribution in [0, 0.1) is 5.92 Å². The number of aromatic nitrogens is 2. The third kappa shape index (κ3) is 4.62. The van der Waals surface area contributed by atoms with Crippen LogP contribution in [0.5, 0.6) is 5.75 Å². The number of nitrogens with one attached hydrogen (secondary N) is 1. The van der Waals surface area contributed by atoms with Crippen LogP contribution in [0.15, 0.2) is 42.7 Å². The van der Waals surface area contributed by atoms with Gasteiger partial charge < -0.3 is 15.0 Å². The van der Waals surface area contributed by atoms with Crippen LogP contribution in [0.4, 0.5) is 20.4 Å². The fourth-order valence-electron chi connectivity index (χ4n) is 2.79. The summed E-state index contributed by atoms with van der Waals surface area (Å²) in [6.45, 7) is -1.51. The molecule has 1 aromatic carbocycles. The Labute approximate surface area is 143 Å². The van der Waals surface area contributed by atoms with Crippen LogP contribution in [-0.2, 0) is 4.79 Å². The minimum atomic E-state index is -2.87. The van der Waals surface area contributed by atoms with Gasteiger partial charge in [-0.05, 0) is 43.2 Å². The summed E-state index contributed by atoms with van der Waals surface area (Å²) in [5, 5.41) is 2.81. The van der Waals surface area contributed by atoms with E-state index >= 15 is 0 Å². The number of benzene rings is 1. The number of amides is 1. The van der Waals surface area contributed by atoms with Crippen LogP contribution >= 0.6 is 0 Å². The highest BCUT2D eigenvalue weighted by molar-refractivity contribution is 5.93. The number of alkyl halides is 2. The molecule has 1 aliphatic heterocycles. The van der Waals surface area contributed by atoms with Gasteiger partial charge in [0.25, 0.3) is 0 Å². The molecule has 0 saturated carbocycles. The van der Waals surface area contributed by atoms with Gasteiger partial charge in [0.15, 0.2) is 0 Å². The Kier molecular flexibility index (Phi) is 5.37. The van der Waals surface area contributed by atoms with Gasteiger partial charge in [-0.1, -0.05) is 0 Å². The monoisotopic (exact) mass is 348 g/mol. The van der Waals surface area contributed by atoms with Crippen molar-refractivity contribution in [2.75, 3.05) is 23.3 Å². The third-order valence-electron chi connectivity index (χ3n) is 3.97. The molecule has 1 amide bonds. The summed E-state index contributed by atoms with van der Waals surface area (Å²) in [5.74, 6) is 0.379. The second kappa shape index (κ2) is 7.87. The maximum atomic E-state index is 12.5. The van der Waals surface area contributed by atoms with Crippen molar-refractivity contribution in [1.29, 1.82) is 0 Å². The van der Waals surface area contributed by atoms with E-state index in [9.17, 15) is 13.6 Å². The van der Waals surface area contributed by atoms with Crippen LogP contribution < -0.4 is 15.0 Å². The van der Waals surface area contributed by atoms with E-state index in [1.807, 2.05) is 4.90 Å². The number of carbonyl (C=O) groups excluding carboxylic acids is 1. The molecule has 2 heterocycles. The first kappa shape index (κ1) is 17.1. The third-order valence-corrected chi connectivity index (χ3v) is 3.97. The normalized spacial score (nSPS) is 17.4. The molecule has 3 rings (SSSR count). The van der Waals surface area contributed by atoms with Gasteiger partial charge in [0, 0.05) is 31.2 Å². The van der Waals surface area contributed by atoms with Crippen molar-refractivity contribution in [2.24, 2.45) is 5.92 Å². The van der Waals surface area contributed by atoms with E-state index in [2.05, 4.69) is 20.0 Å². The Morgan fingerprint density at radius 2 is 1.96 bits per heavy atom. The molecule has 0 spiro atoms. The maximum Gasteiger partial charge on any atom is 0.387 e. The van der Waals surface area contributed by atoms with Gasteiger partial charge in [-0.25, -0.2) is 9.97 Å². The standard InChI is InChI=1S/C17H18F2N4O2/c18-16(19)25-14-6-4-13(5-7-14)22-15(24)12-3-1-10-23(11-12)17-20-8-2-9-21-17/h2,4-9,12,16H,1,3,10-11H2,(H,22,24). The number of halogens is 2. The molecule has 1 saturated heterocycles. The average Bonchev–Trinajstić information content (AvgIpc) is 2.64. The number of carbonyl (C=O) groups is 1. The van der Waals surface area contributed by atoms with Crippen molar-refractivity contribution in [3.8, 4) is 5.75 Å². The molecule has 25 heavy (non-hydrogen) atoms. The summed E-state index contributed by atoms with van der Waals surface area (Å²) in [7, 11) is 0. The smallest absolute Gasteiger partial charge is 0.387 e. The maximum absolute atomic E-state index is 12.5. The molecule has 0 radical (unpaired) electrons. The van der Waals surface area contributed by atoms with Gasteiger partial charge in [0.05, 0.1) is 5.92 Å². The number of rotatable bonds is 5. The molecular formula is C17H18F2N4O2. The van der Waals surface area contributed by atoms with Crippen LogP contribution in [0.25, 0.3) is 0 Å². The summed E-state index contributed by atoms with van der Waals surface area (Å²) in [6, 6.07) is 7.62. The van der Waals surface area contributed by atoms with E-state index in [1.165, 1.54) is 24.3 Å². The lowest BCUT2D eigenvalue weighted by atomic mass is 9.97. The SMILES string of the molecule is O=C(Nc1ccc(OC(F)F)cc1)C1CCCN(c2ncccn2)C1. The quantitative estimate of drug-likeness (QED) is 0.900. The summed E-state index contributed by atoms with van der Waals surface area (Å²) < 4.78 is 28.6. The lowest BCUT2D eigenvalue weighted by Crippen LogP contribution is -2.41. The van der Waals surface area contributed by atoms with Crippen molar-refractivity contribution in [3.05, 3.63) is 42.7 Å². The average molecular weight is 348 g/mol. The Balaban J connectivity index is 1.59. The lowest BCUT2D eigenvalue weighted by Gasteiger charge is -2.31. The van der Waals surface area contributed by atoms with Crippen LogP contribution in [0.3, 0.4) is 0 Å². The highest BCUT2D eigenvalue weighted by Crippen LogP contribution is 2.23. The fraction of sp³-hybridized carbons (Fsp3) is 0.353. The highest BCUT2D eigenvalue weighted by Gasteiger charge is 2.27. The lowest BCUT2D eigenvalue weighted by molar-refractivity contribution is -0.120. The summed E-state index contributed by atoms with van der Waals surface area (Å²) >= 11 is 0. The molecule has 1 unspecified atom stereocenters. The molecule has 132 valence electrons.